The predicted octanol–water partition coefficient (Wildman–Crippen LogP) is 3.46. The summed E-state index contributed by atoms with van der Waals surface area (Å²) >= 11 is 0. The summed E-state index contributed by atoms with van der Waals surface area (Å²) in [5.41, 5.74) is 0. The molecule has 0 heterocycles. The van der Waals surface area contributed by atoms with Crippen molar-refractivity contribution in [3.63, 3.8) is 0 Å². The normalized spacial score (nSPS) is 18.4. The van der Waals surface area contributed by atoms with Gasteiger partial charge in [0.1, 0.15) is 0 Å². The largest absolute Gasteiger partial charge is 0.545 e. The van der Waals surface area contributed by atoms with Crippen LogP contribution in [0.1, 0.15) is 19.3 Å². The SMILES string of the molecule is C[Si](C)(C)OC1=CCCCC=C1. The first-order valence-electron chi connectivity index (χ1n) is 4.64. The second-order valence-electron chi connectivity index (χ2n) is 4.15. The highest BCUT2D eigenvalue weighted by molar-refractivity contribution is 6.70. The molecule has 0 spiro atoms. The molecule has 0 radical (unpaired) electrons. The summed E-state index contributed by atoms with van der Waals surface area (Å²) in [6.07, 6.45) is 10.1. The Balaban J connectivity index is 2.55. The second kappa shape index (κ2) is 3.94. The first-order valence-corrected chi connectivity index (χ1v) is 8.04. The second-order valence-corrected chi connectivity index (χ2v) is 8.58. The highest BCUT2D eigenvalue weighted by Crippen LogP contribution is 2.16. The van der Waals surface area contributed by atoms with Gasteiger partial charge >= 0.3 is 0 Å². The topological polar surface area (TPSA) is 9.23 Å². The summed E-state index contributed by atoms with van der Waals surface area (Å²) < 4.78 is 5.87. The van der Waals surface area contributed by atoms with Gasteiger partial charge in [0, 0.05) is 0 Å². The maximum atomic E-state index is 5.87. The van der Waals surface area contributed by atoms with Crippen LogP contribution in [0.3, 0.4) is 0 Å². The minimum absolute atomic E-state index is 1.09. The van der Waals surface area contributed by atoms with Crippen LogP contribution in [0.4, 0.5) is 0 Å². The van der Waals surface area contributed by atoms with Gasteiger partial charge in [-0.3, -0.25) is 0 Å². The molecule has 2 heteroatoms. The van der Waals surface area contributed by atoms with Crippen molar-refractivity contribution in [3.8, 4) is 0 Å². The Hall–Kier alpha value is -0.503. The van der Waals surface area contributed by atoms with Crippen LogP contribution in [0, 0.1) is 0 Å². The van der Waals surface area contributed by atoms with E-state index in [4.69, 9.17) is 4.43 Å². The average Bonchev–Trinajstić information content (AvgIpc) is 2.12. The number of hydrogen-bond acceptors (Lipinski definition) is 1. The number of rotatable bonds is 2. The Morgan fingerprint density at radius 3 is 2.67 bits per heavy atom. The zero-order valence-electron chi connectivity index (χ0n) is 8.26. The van der Waals surface area contributed by atoms with Gasteiger partial charge < -0.3 is 4.43 Å². The van der Waals surface area contributed by atoms with Crippen molar-refractivity contribution in [1.29, 1.82) is 0 Å². The first-order chi connectivity index (χ1) is 5.58. The molecule has 0 aromatic rings. The van der Waals surface area contributed by atoms with E-state index in [0.29, 0.717) is 0 Å². The first kappa shape index (κ1) is 9.58. The number of hydrogen-bond donors (Lipinski definition) is 0. The smallest absolute Gasteiger partial charge is 0.242 e. The van der Waals surface area contributed by atoms with Crippen molar-refractivity contribution in [3.05, 3.63) is 24.0 Å². The standard InChI is InChI=1S/C10H18OSi/c1-12(2,3)11-10-8-6-4-5-7-9-10/h6,8-9H,4-5,7H2,1-3H3. The van der Waals surface area contributed by atoms with Gasteiger partial charge in [0.25, 0.3) is 0 Å². The lowest BCUT2D eigenvalue weighted by Crippen LogP contribution is -2.24. The Morgan fingerprint density at radius 2 is 2.00 bits per heavy atom. The molecule has 0 bridgehead atoms. The Morgan fingerprint density at radius 1 is 1.25 bits per heavy atom. The van der Waals surface area contributed by atoms with E-state index in [2.05, 4.69) is 37.9 Å². The van der Waals surface area contributed by atoms with E-state index in [1.165, 1.54) is 12.8 Å². The van der Waals surface area contributed by atoms with Crippen molar-refractivity contribution >= 4 is 8.32 Å². The zero-order chi connectivity index (χ0) is 9.03. The van der Waals surface area contributed by atoms with Crippen molar-refractivity contribution in [2.75, 3.05) is 0 Å². The molecule has 0 aromatic carbocycles. The van der Waals surface area contributed by atoms with Crippen LogP contribution in [0.5, 0.6) is 0 Å². The summed E-state index contributed by atoms with van der Waals surface area (Å²) in [5.74, 6) is 1.09. The van der Waals surface area contributed by atoms with Gasteiger partial charge in [0.15, 0.2) is 0 Å². The van der Waals surface area contributed by atoms with E-state index < -0.39 is 8.32 Å². The molecule has 0 atom stereocenters. The van der Waals surface area contributed by atoms with Gasteiger partial charge in [0.2, 0.25) is 8.32 Å². The molecule has 1 nitrogen and oxygen atoms in total. The zero-order valence-corrected chi connectivity index (χ0v) is 9.26. The molecule has 0 saturated heterocycles. The number of allylic oxidation sites excluding steroid dienone is 3. The summed E-state index contributed by atoms with van der Waals surface area (Å²) in [6, 6.07) is 0. The third-order valence-corrected chi connectivity index (χ3v) is 2.47. The van der Waals surface area contributed by atoms with Crippen molar-refractivity contribution < 1.29 is 4.43 Å². The van der Waals surface area contributed by atoms with E-state index in [-0.39, 0.29) is 0 Å². The van der Waals surface area contributed by atoms with Crippen LogP contribution in [-0.2, 0) is 4.43 Å². The monoisotopic (exact) mass is 182 g/mol. The lowest BCUT2D eigenvalue weighted by Gasteiger charge is -2.19. The fraction of sp³-hybridized carbons (Fsp3) is 0.600. The molecule has 0 amide bonds. The van der Waals surface area contributed by atoms with Crippen LogP contribution >= 0.6 is 0 Å². The molecule has 0 aromatic heterocycles. The Kier molecular flexibility index (Phi) is 3.15. The van der Waals surface area contributed by atoms with Crippen molar-refractivity contribution in [1.82, 2.24) is 0 Å². The van der Waals surface area contributed by atoms with Crippen LogP contribution in [-0.4, -0.2) is 8.32 Å². The van der Waals surface area contributed by atoms with E-state index in [1.54, 1.807) is 0 Å². The molecular weight excluding hydrogens is 164 g/mol. The van der Waals surface area contributed by atoms with Gasteiger partial charge in [-0.15, -0.1) is 0 Å². The van der Waals surface area contributed by atoms with Gasteiger partial charge in [0.05, 0.1) is 5.76 Å². The quantitative estimate of drug-likeness (QED) is 0.594. The molecule has 0 saturated carbocycles. The highest BCUT2D eigenvalue weighted by atomic mass is 28.4. The maximum absolute atomic E-state index is 5.87. The van der Waals surface area contributed by atoms with E-state index >= 15 is 0 Å². The summed E-state index contributed by atoms with van der Waals surface area (Å²) in [6.45, 7) is 6.64. The van der Waals surface area contributed by atoms with Crippen molar-refractivity contribution in [2.45, 2.75) is 38.9 Å². The maximum Gasteiger partial charge on any atom is 0.242 e. The van der Waals surface area contributed by atoms with Crippen LogP contribution in [0.15, 0.2) is 24.0 Å². The van der Waals surface area contributed by atoms with Gasteiger partial charge in [-0.05, 0) is 51.1 Å². The molecule has 12 heavy (non-hydrogen) atoms. The Labute approximate surface area is 76.3 Å². The fourth-order valence-electron chi connectivity index (χ4n) is 1.18. The van der Waals surface area contributed by atoms with E-state index in [1.807, 2.05) is 0 Å². The van der Waals surface area contributed by atoms with E-state index in [9.17, 15) is 0 Å². The molecule has 0 aliphatic heterocycles. The molecule has 0 unspecified atom stereocenters. The highest BCUT2D eigenvalue weighted by Gasteiger charge is 2.16. The summed E-state index contributed by atoms with van der Waals surface area (Å²) in [7, 11) is -1.39. The third-order valence-electron chi connectivity index (χ3n) is 1.63. The molecule has 1 aliphatic carbocycles. The summed E-state index contributed by atoms with van der Waals surface area (Å²) in [4.78, 5) is 0. The van der Waals surface area contributed by atoms with Gasteiger partial charge in [-0.2, -0.15) is 0 Å². The van der Waals surface area contributed by atoms with Gasteiger partial charge in [-0.1, -0.05) is 6.08 Å². The molecular formula is C10H18OSi. The molecule has 1 rings (SSSR count). The van der Waals surface area contributed by atoms with Gasteiger partial charge in [-0.25, -0.2) is 0 Å². The average molecular weight is 182 g/mol. The molecule has 0 N–H and O–H groups in total. The molecule has 0 fully saturated rings. The lowest BCUT2D eigenvalue weighted by atomic mass is 10.2. The molecule has 1 aliphatic rings. The minimum atomic E-state index is -1.39. The molecule has 68 valence electrons. The Bertz CT molecular complexity index is 198. The van der Waals surface area contributed by atoms with Crippen LogP contribution in [0.25, 0.3) is 0 Å². The lowest BCUT2D eigenvalue weighted by molar-refractivity contribution is 0.439. The van der Waals surface area contributed by atoms with Crippen LogP contribution in [0.2, 0.25) is 19.6 Å². The van der Waals surface area contributed by atoms with Crippen molar-refractivity contribution in [2.24, 2.45) is 0 Å². The fourth-order valence-corrected chi connectivity index (χ4v) is 2.04. The summed E-state index contributed by atoms with van der Waals surface area (Å²) in [5, 5.41) is 0. The minimum Gasteiger partial charge on any atom is -0.545 e. The third kappa shape index (κ3) is 3.76. The predicted molar refractivity (Wildman–Crippen MR) is 55.5 cm³/mol. The van der Waals surface area contributed by atoms with Crippen LogP contribution < -0.4 is 0 Å². The van der Waals surface area contributed by atoms with E-state index in [0.717, 1.165) is 12.2 Å².